The first-order valence-electron chi connectivity index (χ1n) is 9.32. The van der Waals surface area contributed by atoms with Gasteiger partial charge in [0.25, 0.3) is 0 Å². The lowest BCUT2D eigenvalue weighted by Crippen LogP contribution is -2.22. The summed E-state index contributed by atoms with van der Waals surface area (Å²) in [5.74, 6) is -2.16. The van der Waals surface area contributed by atoms with E-state index in [1.807, 2.05) is 0 Å². The summed E-state index contributed by atoms with van der Waals surface area (Å²) in [4.78, 5) is 6.66. The molecule has 0 aliphatic carbocycles. The van der Waals surface area contributed by atoms with E-state index in [0.717, 1.165) is 32.1 Å². The van der Waals surface area contributed by atoms with Gasteiger partial charge in [0.2, 0.25) is 5.95 Å². The molecular weight excluding hydrogens is 389 g/mol. The number of halogens is 4. The Bertz CT molecular complexity index is 999. The van der Waals surface area contributed by atoms with Crippen LogP contribution in [-0.2, 0) is 0 Å². The fourth-order valence-corrected chi connectivity index (χ4v) is 3.77. The summed E-state index contributed by atoms with van der Waals surface area (Å²) in [6.45, 7) is 3.84. The highest BCUT2D eigenvalue weighted by molar-refractivity contribution is 6.30. The SMILES string of the molecule is Fc1ccc(-n2c(NCCCN3CCCC3)nc3c(F)c(F)ccc32)cc1Cl. The highest BCUT2D eigenvalue weighted by atomic mass is 35.5. The monoisotopic (exact) mass is 408 g/mol. The third-order valence-electron chi connectivity index (χ3n) is 5.01. The van der Waals surface area contributed by atoms with Crippen molar-refractivity contribution < 1.29 is 13.2 Å². The molecule has 0 spiro atoms. The lowest BCUT2D eigenvalue weighted by atomic mass is 10.2. The van der Waals surface area contributed by atoms with Gasteiger partial charge in [0.05, 0.1) is 16.2 Å². The van der Waals surface area contributed by atoms with E-state index in [0.29, 0.717) is 23.7 Å². The van der Waals surface area contributed by atoms with Gasteiger partial charge in [-0.1, -0.05) is 11.6 Å². The fraction of sp³-hybridized carbons (Fsp3) is 0.350. The normalized spacial score (nSPS) is 14.9. The number of anilines is 1. The van der Waals surface area contributed by atoms with Crippen molar-refractivity contribution in [2.75, 3.05) is 31.5 Å². The van der Waals surface area contributed by atoms with Gasteiger partial charge >= 0.3 is 0 Å². The van der Waals surface area contributed by atoms with Gasteiger partial charge in [-0.15, -0.1) is 0 Å². The van der Waals surface area contributed by atoms with Crippen LogP contribution in [0.4, 0.5) is 19.1 Å². The molecule has 1 aliphatic rings. The van der Waals surface area contributed by atoms with Gasteiger partial charge in [0.15, 0.2) is 11.6 Å². The summed E-state index contributed by atoms with van der Waals surface area (Å²) in [7, 11) is 0. The third kappa shape index (κ3) is 3.69. The van der Waals surface area contributed by atoms with Gasteiger partial charge in [-0.05, 0) is 69.2 Å². The number of nitrogens with zero attached hydrogens (tertiary/aromatic N) is 3. The second kappa shape index (κ2) is 8.01. The lowest BCUT2D eigenvalue weighted by Gasteiger charge is -2.15. The number of nitrogens with one attached hydrogen (secondary N) is 1. The number of aromatic nitrogens is 2. The molecule has 4 nitrogen and oxygen atoms in total. The van der Waals surface area contributed by atoms with Gasteiger partial charge in [-0.3, -0.25) is 4.57 Å². The van der Waals surface area contributed by atoms with E-state index < -0.39 is 17.5 Å². The molecule has 148 valence electrons. The molecule has 2 aromatic carbocycles. The lowest BCUT2D eigenvalue weighted by molar-refractivity contribution is 0.337. The summed E-state index contributed by atoms with van der Waals surface area (Å²) in [5.41, 5.74) is 0.813. The summed E-state index contributed by atoms with van der Waals surface area (Å²) in [5, 5.41) is 3.15. The van der Waals surface area contributed by atoms with Crippen molar-refractivity contribution in [1.29, 1.82) is 0 Å². The van der Waals surface area contributed by atoms with E-state index in [-0.39, 0.29) is 10.5 Å². The van der Waals surface area contributed by atoms with Gasteiger partial charge in [0.1, 0.15) is 11.3 Å². The van der Waals surface area contributed by atoms with Crippen LogP contribution in [0, 0.1) is 17.5 Å². The molecule has 1 aliphatic heterocycles. The Morgan fingerprint density at radius 1 is 1.04 bits per heavy atom. The highest BCUT2D eigenvalue weighted by Crippen LogP contribution is 2.29. The van der Waals surface area contributed by atoms with Gasteiger partial charge in [-0.25, -0.2) is 18.2 Å². The minimum atomic E-state index is -1.01. The van der Waals surface area contributed by atoms with Crippen LogP contribution in [-0.4, -0.2) is 40.6 Å². The van der Waals surface area contributed by atoms with E-state index in [1.54, 1.807) is 4.57 Å². The largest absolute Gasteiger partial charge is 0.355 e. The Kier molecular flexibility index (Phi) is 5.46. The number of benzene rings is 2. The Balaban J connectivity index is 1.65. The Morgan fingerprint density at radius 2 is 1.79 bits per heavy atom. The van der Waals surface area contributed by atoms with Crippen molar-refractivity contribution >= 4 is 28.6 Å². The molecule has 2 heterocycles. The molecule has 1 N–H and O–H groups in total. The van der Waals surface area contributed by atoms with Crippen molar-refractivity contribution in [3.63, 3.8) is 0 Å². The second-order valence-corrected chi connectivity index (χ2v) is 7.33. The summed E-state index contributed by atoms with van der Waals surface area (Å²) in [6, 6.07) is 6.71. The Labute approximate surface area is 165 Å². The van der Waals surface area contributed by atoms with Crippen LogP contribution >= 0.6 is 11.6 Å². The maximum absolute atomic E-state index is 14.3. The van der Waals surface area contributed by atoms with Crippen LogP contribution in [0.1, 0.15) is 19.3 Å². The molecule has 0 radical (unpaired) electrons. The quantitative estimate of drug-likeness (QED) is 0.583. The van der Waals surface area contributed by atoms with E-state index >= 15 is 0 Å². The first-order chi connectivity index (χ1) is 13.5. The van der Waals surface area contributed by atoms with Crippen LogP contribution in [0.25, 0.3) is 16.7 Å². The molecule has 3 aromatic rings. The highest BCUT2D eigenvalue weighted by Gasteiger charge is 2.19. The average Bonchev–Trinajstić information content (AvgIpc) is 3.32. The summed E-state index contributed by atoms with van der Waals surface area (Å²) < 4.78 is 43.1. The van der Waals surface area contributed by atoms with Crippen molar-refractivity contribution in [2.45, 2.75) is 19.3 Å². The second-order valence-electron chi connectivity index (χ2n) is 6.93. The minimum Gasteiger partial charge on any atom is -0.355 e. The van der Waals surface area contributed by atoms with Crippen LogP contribution in [0.2, 0.25) is 5.02 Å². The standard InChI is InChI=1S/C20H20ClF3N4/c21-14-12-13(4-5-15(14)22)28-17-7-6-16(23)18(24)19(17)26-20(28)25-8-3-11-27-9-1-2-10-27/h4-7,12H,1-3,8-11H2,(H,25,26). The summed E-state index contributed by atoms with van der Waals surface area (Å²) in [6.07, 6.45) is 3.36. The number of hydrogen-bond donors (Lipinski definition) is 1. The zero-order valence-corrected chi connectivity index (χ0v) is 15.9. The van der Waals surface area contributed by atoms with E-state index in [9.17, 15) is 13.2 Å². The van der Waals surface area contributed by atoms with Gasteiger partial charge in [-0.2, -0.15) is 0 Å². The van der Waals surface area contributed by atoms with Crippen LogP contribution in [0.3, 0.4) is 0 Å². The van der Waals surface area contributed by atoms with Crippen molar-refractivity contribution in [3.05, 3.63) is 52.8 Å². The number of fused-ring (bicyclic) bond motifs is 1. The average molecular weight is 409 g/mol. The maximum atomic E-state index is 14.3. The number of likely N-dealkylation sites (tertiary alicyclic amines) is 1. The molecule has 1 saturated heterocycles. The van der Waals surface area contributed by atoms with Crippen LogP contribution < -0.4 is 5.32 Å². The zero-order valence-electron chi connectivity index (χ0n) is 15.2. The Hall–Kier alpha value is -2.25. The van der Waals surface area contributed by atoms with E-state index in [1.165, 1.54) is 37.1 Å². The van der Waals surface area contributed by atoms with E-state index in [2.05, 4.69) is 15.2 Å². The molecule has 28 heavy (non-hydrogen) atoms. The molecule has 8 heteroatoms. The first kappa shape index (κ1) is 19.1. The summed E-state index contributed by atoms with van der Waals surface area (Å²) >= 11 is 5.92. The van der Waals surface area contributed by atoms with Crippen molar-refractivity contribution in [2.24, 2.45) is 0 Å². The van der Waals surface area contributed by atoms with Crippen LogP contribution in [0.5, 0.6) is 0 Å². The predicted molar refractivity (Wildman–Crippen MR) is 105 cm³/mol. The zero-order chi connectivity index (χ0) is 19.7. The number of rotatable bonds is 6. The smallest absolute Gasteiger partial charge is 0.208 e. The first-order valence-corrected chi connectivity index (χ1v) is 9.70. The molecular formula is C20H20ClF3N4. The predicted octanol–water partition coefficient (Wildman–Crippen LogP) is 4.99. The van der Waals surface area contributed by atoms with Crippen molar-refractivity contribution in [1.82, 2.24) is 14.5 Å². The van der Waals surface area contributed by atoms with E-state index in [4.69, 9.17) is 11.6 Å². The molecule has 4 rings (SSSR count). The molecule has 0 saturated carbocycles. The third-order valence-corrected chi connectivity index (χ3v) is 5.30. The number of hydrogen-bond acceptors (Lipinski definition) is 3. The topological polar surface area (TPSA) is 33.1 Å². The molecule has 0 unspecified atom stereocenters. The molecule has 1 aromatic heterocycles. The van der Waals surface area contributed by atoms with Crippen LogP contribution in [0.15, 0.2) is 30.3 Å². The fourth-order valence-electron chi connectivity index (χ4n) is 3.60. The Morgan fingerprint density at radius 3 is 2.54 bits per heavy atom. The maximum Gasteiger partial charge on any atom is 0.208 e. The van der Waals surface area contributed by atoms with Gasteiger partial charge < -0.3 is 10.2 Å². The minimum absolute atomic E-state index is 0.0538. The molecule has 0 amide bonds. The number of imidazole rings is 1. The molecule has 0 bridgehead atoms. The van der Waals surface area contributed by atoms with Gasteiger partial charge in [0, 0.05) is 6.54 Å². The molecule has 0 atom stereocenters. The molecule has 1 fully saturated rings. The van der Waals surface area contributed by atoms with Crippen molar-refractivity contribution in [3.8, 4) is 5.69 Å².